The van der Waals surface area contributed by atoms with Crippen LogP contribution in [0, 0.1) is 0 Å². The Morgan fingerprint density at radius 3 is 2.50 bits per heavy atom. The summed E-state index contributed by atoms with van der Waals surface area (Å²) in [4.78, 5) is 0. The first-order valence-corrected chi connectivity index (χ1v) is 3.99. The van der Waals surface area contributed by atoms with Gasteiger partial charge in [-0.3, -0.25) is 0 Å². The molecule has 0 amide bonds. The van der Waals surface area contributed by atoms with Crippen molar-refractivity contribution >= 4 is 0 Å². The van der Waals surface area contributed by atoms with Crippen molar-refractivity contribution in [3.63, 3.8) is 0 Å². The lowest BCUT2D eigenvalue weighted by Crippen LogP contribution is -2.35. The van der Waals surface area contributed by atoms with Crippen LogP contribution in [0.2, 0.25) is 0 Å². The van der Waals surface area contributed by atoms with Crippen molar-refractivity contribution in [3.05, 3.63) is 0 Å². The van der Waals surface area contributed by atoms with Crippen LogP contribution in [0.3, 0.4) is 0 Å². The molecule has 0 aromatic heterocycles. The molecule has 1 unspecified atom stereocenters. The van der Waals surface area contributed by atoms with Crippen LogP contribution < -0.4 is 5.32 Å². The Kier molecular flexibility index (Phi) is 4.65. The minimum Gasteiger partial charge on any atom is -0.389 e. The molecule has 1 atom stereocenters. The molecule has 0 aromatic carbocycles. The average Bonchev–Trinajstić information content (AvgIpc) is 1.84. The molecular weight excluding hydrogens is 126 g/mol. The van der Waals surface area contributed by atoms with Crippen LogP contribution >= 0.6 is 0 Å². The molecule has 0 aliphatic carbocycles. The fourth-order valence-corrected chi connectivity index (χ4v) is 1.03. The van der Waals surface area contributed by atoms with E-state index in [0.717, 1.165) is 19.3 Å². The summed E-state index contributed by atoms with van der Waals surface area (Å²) in [6, 6.07) is 0. The Bertz CT molecular complexity index is 81.3. The predicted octanol–water partition coefficient (Wildman–Crippen LogP) is 1.15. The van der Waals surface area contributed by atoms with Crippen LogP contribution in [0.1, 0.15) is 33.1 Å². The topological polar surface area (TPSA) is 32.3 Å². The lowest BCUT2D eigenvalue weighted by Gasteiger charge is -2.22. The van der Waals surface area contributed by atoms with Gasteiger partial charge in [0.2, 0.25) is 0 Å². The van der Waals surface area contributed by atoms with Gasteiger partial charge >= 0.3 is 0 Å². The van der Waals surface area contributed by atoms with Gasteiger partial charge in [-0.15, -0.1) is 0 Å². The zero-order valence-electron chi connectivity index (χ0n) is 7.28. The lowest BCUT2D eigenvalue weighted by molar-refractivity contribution is 0.0506. The van der Waals surface area contributed by atoms with Gasteiger partial charge in [-0.2, -0.15) is 0 Å². The molecule has 0 heterocycles. The first-order chi connectivity index (χ1) is 4.62. The average molecular weight is 145 g/mol. The molecule has 2 heteroatoms. The molecule has 0 aliphatic rings. The minimum absolute atomic E-state index is 0.509. The number of rotatable bonds is 5. The van der Waals surface area contributed by atoms with Crippen LogP contribution in [-0.4, -0.2) is 24.3 Å². The molecule has 62 valence electrons. The van der Waals surface area contributed by atoms with E-state index in [1.54, 1.807) is 0 Å². The van der Waals surface area contributed by atoms with Crippen LogP contribution in [0.15, 0.2) is 0 Å². The van der Waals surface area contributed by atoms with E-state index in [-0.39, 0.29) is 0 Å². The third-order valence-corrected chi connectivity index (χ3v) is 1.63. The summed E-state index contributed by atoms with van der Waals surface area (Å²) < 4.78 is 0. The van der Waals surface area contributed by atoms with Gasteiger partial charge in [0.05, 0.1) is 5.60 Å². The van der Waals surface area contributed by atoms with Crippen molar-refractivity contribution in [2.75, 3.05) is 13.6 Å². The first kappa shape index (κ1) is 9.92. The largest absolute Gasteiger partial charge is 0.389 e. The highest BCUT2D eigenvalue weighted by Gasteiger charge is 2.17. The van der Waals surface area contributed by atoms with E-state index in [9.17, 15) is 5.11 Å². The highest BCUT2D eigenvalue weighted by molar-refractivity contribution is 4.73. The van der Waals surface area contributed by atoms with Gasteiger partial charge in [0.1, 0.15) is 0 Å². The molecule has 0 saturated carbocycles. The van der Waals surface area contributed by atoms with Gasteiger partial charge in [-0.1, -0.05) is 19.8 Å². The molecule has 2 N–H and O–H groups in total. The molecule has 0 spiro atoms. The Balaban J connectivity index is 3.42. The number of hydrogen-bond donors (Lipinski definition) is 2. The standard InChI is InChI=1S/C8H19NO/c1-4-5-6-8(2,10)7-9-3/h9-10H,4-7H2,1-3H3. The summed E-state index contributed by atoms with van der Waals surface area (Å²) in [6.07, 6.45) is 3.15. The molecule has 0 bridgehead atoms. The van der Waals surface area contributed by atoms with Crippen LogP contribution in [0.5, 0.6) is 0 Å². The van der Waals surface area contributed by atoms with Crippen molar-refractivity contribution in [2.45, 2.75) is 38.7 Å². The second kappa shape index (κ2) is 4.69. The van der Waals surface area contributed by atoms with Gasteiger partial charge in [0, 0.05) is 6.54 Å². The SMILES string of the molecule is CCCCC(C)(O)CNC. The van der Waals surface area contributed by atoms with E-state index < -0.39 is 5.60 Å². The molecule has 10 heavy (non-hydrogen) atoms. The van der Waals surface area contributed by atoms with Gasteiger partial charge < -0.3 is 10.4 Å². The highest BCUT2D eigenvalue weighted by atomic mass is 16.3. The van der Waals surface area contributed by atoms with Crippen molar-refractivity contribution in [1.29, 1.82) is 0 Å². The summed E-state index contributed by atoms with van der Waals surface area (Å²) in [5.74, 6) is 0. The molecule has 0 aliphatic heterocycles. The van der Waals surface area contributed by atoms with Crippen LogP contribution in [0.25, 0.3) is 0 Å². The van der Waals surface area contributed by atoms with E-state index in [4.69, 9.17) is 0 Å². The Labute approximate surface area is 63.6 Å². The third kappa shape index (κ3) is 4.77. The van der Waals surface area contributed by atoms with Crippen molar-refractivity contribution < 1.29 is 5.11 Å². The summed E-state index contributed by atoms with van der Waals surface area (Å²) in [5.41, 5.74) is -0.509. The van der Waals surface area contributed by atoms with Crippen molar-refractivity contribution in [2.24, 2.45) is 0 Å². The number of likely N-dealkylation sites (N-methyl/N-ethyl adjacent to an activating group) is 1. The van der Waals surface area contributed by atoms with Crippen molar-refractivity contribution in [1.82, 2.24) is 5.32 Å². The monoisotopic (exact) mass is 145 g/mol. The number of unbranched alkanes of at least 4 members (excludes halogenated alkanes) is 1. The van der Waals surface area contributed by atoms with Gasteiger partial charge in [0.25, 0.3) is 0 Å². The Morgan fingerprint density at radius 2 is 2.10 bits per heavy atom. The van der Waals surface area contributed by atoms with E-state index in [1.807, 2.05) is 14.0 Å². The number of nitrogens with one attached hydrogen (secondary N) is 1. The molecular formula is C8H19NO. The summed E-state index contributed by atoms with van der Waals surface area (Å²) in [5, 5.41) is 12.5. The van der Waals surface area contributed by atoms with E-state index in [1.165, 1.54) is 0 Å². The van der Waals surface area contributed by atoms with Gasteiger partial charge in [0.15, 0.2) is 0 Å². The number of hydrogen-bond acceptors (Lipinski definition) is 2. The molecule has 0 radical (unpaired) electrons. The Hall–Kier alpha value is -0.0800. The van der Waals surface area contributed by atoms with E-state index in [2.05, 4.69) is 12.2 Å². The maximum Gasteiger partial charge on any atom is 0.0743 e. The molecule has 2 nitrogen and oxygen atoms in total. The third-order valence-electron chi connectivity index (χ3n) is 1.63. The second-order valence-electron chi connectivity index (χ2n) is 3.13. The fourth-order valence-electron chi connectivity index (χ4n) is 1.03. The van der Waals surface area contributed by atoms with Crippen LogP contribution in [0.4, 0.5) is 0 Å². The second-order valence-corrected chi connectivity index (χ2v) is 3.13. The summed E-state index contributed by atoms with van der Waals surface area (Å²) in [6.45, 7) is 4.70. The molecule has 0 aromatic rings. The highest BCUT2D eigenvalue weighted by Crippen LogP contribution is 2.11. The summed E-state index contributed by atoms with van der Waals surface area (Å²) >= 11 is 0. The fraction of sp³-hybridized carbons (Fsp3) is 1.00. The normalized spacial score (nSPS) is 16.8. The smallest absolute Gasteiger partial charge is 0.0743 e. The molecule has 0 fully saturated rings. The zero-order chi connectivity index (χ0) is 8.04. The number of aliphatic hydroxyl groups is 1. The van der Waals surface area contributed by atoms with Crippen molar-refractivity contribution in [3.8, 4) is 0 Å². The first-order valence-electron chi connectivity index (χ1n) is 3.99. The predicted molar refractivity (Wildman–Crippen MR) is 44.1 cm³/mol. The maximum atomic E-state index is 9.58. The zero-order valence-corrected chi connectivity index (χ0v) is 7.28. The lowest BCUT2D eigenvalue weighted by atomic mass is 9.99. The quantitative estimate of drug-likeness (QED) is 0.608. The van der Waals surface area contributed by atoms with E-state index >= 15 is 0 Å². The summed E-state index contributed by atoms with van der Waals surface area (Å²) in [7, 11) is 1.86. The molecule has 0 saturated heterocycles. The Morgan fingerprint density at radius 1 is 1.50 bits per heavy atom. The van der Waals surface area contributed by atoms with Crippen LogP contribution in [-0.2, 0) is 0 Å². The maximum absolute atomic E-state index is 9.58. The molecule has 0 rings (SSSR count). The minimum atomic E-state index is -0.509. The van der Waals surface area contributed by atoms with Gasteiger partial charge in [-0.05, 0) is 20.4 Å². The van der Waals surface area contributed by atoms with Gasteiger partial charge in [-0.25, -0.2) is 0 Å². The van der Waals surface area contributed by atoms with E-state index in [0.29, 0.717) is 6.54 Å².